The van der Waals surface area contributed by atoms with Gasteiger partial charge < -0.3 is 14.7 Å². The van der Waals surface area contributed by atoms with E-state index in [-0.39, 0.29) is 11.9 Å². The van der Waals surface area contributed by atoms with Crippen molar-refractivity contribution in [3.8, 4) is 0 Å². The molecule has 114 valence electrons. The lowest BCUT2D eigenvalue weighted by atomic mass is 10.0. The maximum absolute atomic E-state index is 12.3. The molecule has 1 atom stereocenters. The van der Waals surface area contributed by atoms with E-state index in [9.17, 15) is 4.79 Å². The van der Waals surface area contributed by atoms with E-state index in [4.69, 9.17) is 4.42 Å². The minimum atomic E-state index is -0.158. The molecule has 0 spiro atoms. The molecule has 0 bridgehead atoms. The normalized spacial score (nSPS) is 12.7. The van der Waals surface area contributed by atoms with Crippen molar-refractivity contribution < 1.29 is 9.21 Å². The summed E-state index contributed by atoms with van der Waals surface area (Å²) >= 11 is 0. The highest BCUT2D eigenvalue weighted by Crippen LogP contribution is 2.22. The molecule has 5 nitrogen and oxygen atoms in total. The van der Waals surface area contributed by atoms with Crippen LogP contribution in [0, 0.1) is 5.92 Å². The number of nitrogens with zero attached hydrogens (tertiary/aromatic N) is 1. The average Bonchev–Trinajstić information content (AvgIpc) is 3.15. The molecule has 0 aliphatic rings. The van der Waals surface area contributed by atoms with Crippen molar-refractivity contribution in [1.29, 1.82) is 0 Å². The number of hydrogen-bond donors (Lipinski definition) is 2. The molecule has 1 aromatic carbocycles. The van der Waals surface area contributed by atoms with Gasteiger partial charge in [-0.1, -0.05) is 26.0 Å². The van der Waals surface area contributed by atoms with Crippen LogP contribution >= 0.6 is 0 Å². The molecule has 3 aromatic rings. The lowest BCUT2D eigenvalue weighted by Crippen LogP contribution is -2.30. The Labute approximate surface area is 128 Å². The zero-order valence-electron chi connectivity index (χ0n) is 12.7. The summed E-state index contributed by atoms with van der Waals surface area (Å²) in [7, 11) is 0. The van der Waals surface area contributed by atoms with E-state index in [0.29, 0.717) is 11.5 Å². The predicted molar refractivity (Wildman–Crippen MR) is 84.5 cm³/mol. The molecule has 5 heteroatoms. The smallest absolute Gasteiger partial charge is 0.255 e. The lowest BCUT2D eigenvalue weighted by molar-refractivity contribution is 0.0929. The second-order valence-electron chi connectivity index (χ2n) is 5.81. The Hall–Kier alpha value is -2.56. The van der Waals surface area contributed by atoms with E-state index in [0.717, 1.165) is 23.3 Å². The van der Waals surface area contributed by atoms with Crippen LogP contribution in [0.2, 0.25) is 0 Å². The molecule has 0 fully saturated rings. The summed E-state index contributed by atoms with van der Waals surface area (Å²) in [6.07, 6.45) is 3.75. The summed E-state index contributed by atoms with van der Waals surface area (Å²) in [6, 6.07) is 9.35. The molecule has 0 aliphatic carbocycles. The first kappa shape index (κ1) is 14.4. The van der Waals surface area contributed by atoms with Gasteiger partial charge >= 0.3 is 0 Å². The van der Waals surface area contributed by atoms with Crippen molar-refractivity contribution in [2.24, 2.45) is 5.92 Å². The third kappa shape index (κ3) is 3.03. The molecule has 0 saturated carbocycles. The second kappa shape index (κ2) is 6.05. The van der Waals surface area contributed by atoms with Crippen molar-refractivity contribution in [2.75, 3.05) is 0 Å². The van der Waals surface area contributed by atoms with Crippen LogP contribution in [0.4, 0.5) is 0 Å². The number of amides is 1. The molecule has 0 unspecified atom stereocenters. The molecule has 0 saturated heterocycles. The fraction of sp³-hybridized carbons (Fsp3) is 0.294. The van der Waals surface area contributed by atoms with Gasteiger partial charge in [-0.25, -0.2) is 4.98 Å². The molecule has 0 radical (unpaired) electrons. The zero-order valence-corrected chi connectivity index (χ0v) is 12.7. The van der Waals surface area contributed by atoms with Crippen LogP contribution in [-0.4, -0.2) is 15.9 Å². The number of carbonyl (C=O) groups is 1. The predicted octanol–water partition coefficient (Wildman–Crippen LogP) is 3.67. The molecular formula is C17H19N3O2. The minimum absolute atomic E-state index is 0.153. The molecule has 2 N–H and O–H groups in total. The van der Waals surface area contributed by atoms with Gasteiger partial charge in [0.15, 0.2) is 0 Å². The van der Waals surface area contributed by atoms with Crippen LogP contribution in [0.25, 0.3) is 11.0 Å². The summed E-state index contributed by atoms with van der Waals surface area (Å²) in [4.78, 5) is 20.2. The van der Waals surface area contributed by atoms with Crippen molar-refractivity contribution in [3.63, 3.8) is 0 Å². The van der Waals surface area contributed by atoms with Gasteiger partial charge in [0.05, 0.1) is 28.9 Å². The van der Waals surface area contributed by atoms with Gasteiger partial charge in [-0.15, -0.1) is 0 Å². The minimum Gasteiger partial charge on any atom is -0.472 e. The van der Waals surface area contributed by atoms with Gasteiger partial charge in [0.25, 0.3) is 5.91 Å². The molecule has 2 aromatic heterocycles. The number of hydrogen-bond acceptors (Lipinski definition) is 3. The van der Waals surface area contributed by atoms with Crippen molar-refractivity contribution >= 4 is 16.9 Å². The Morgan fingerprint density at radius 2 is 2.14 bits per heavy atom. The molecular weight excluding hydrogens is 278 g/mol. The van der Waals surface area contributed by atoms with Crippen molar-refractivity contribution in [2.45, 2.75) is 26.3 Å². The molecule has 0 aliphatic heterocycles. The van der Waals surface area contributed by atoms with Crippen molar-refractivity contribution in [3.05, 3.63) is 54.2 Å². The van der Waals surface area contributed by atoms with Gasteiger partial charge in [0.1, 0.15) is 12.1 Å². The van der Waals surface area contributed by atoms with Crippen LogP contribution in [0.5, 0.6) is 0 Å². The van der Waals surface area contributed by atoms with Gasteiger partial charge in [0, 0.05) is 0 Å². The maximum Gasteiger partial charge on any atom is 0.255 e. The van der Waals surface area contributed by atoms with Crippen molar-refractivity contribution in [1.82, 2.24) is 15.3 Å². The molecule has 1 amide bonds. The number of furan rings is 1. The van der Waals surface area contributed by atoms with Gasteiger partial charge in [-0.3, -0.25) is 4.79 Å². The van der Waals surface area contributed by atoms with E-state index in [1.165, 1.54) is 12.5 Å². The topological polar surface area (TPSA) is 70.9 Å². The highest BCUT2D eigenvalue weighted by atomic mass is 16.3. The largest absolute Gasteiger partial charge is 0.472 e. The Bertz CT molecular complexity index is 726. The molecule has 22 heavy (non-hydrogen) atoms. The number of aromatic amines is 1. The van der Waals surface area contributed by atoms with E-state index < -0.39 is 0 Å². The van der Waals surface area contributed by atoms with Gasteiger partial charge in [-0.2, -0.15) is 0 Å². The van der Waals surface area contributed by atoms with E-state index >= 15 is 0 Å². The monoisotopic (exact) mass is 297 g/mol. The first-order valence-electron chi connectivity index (χ1n) is 7.41. The number of carbonyl (C=O) groups excluding carboxylic acids is 1. The number of benzene rings is 1. The zero-order chi connectivity index (χ0) is 15.5. The van der Waals surface area contributed by atoms with Crippen LogP contribution in [0.15, 0.2) is 47.3 Å². The molecule has 3 rings (SSSR count). The summed E-state index contributed by atoms with van der Waals surface area (Å²) in [5.41, 5.74) is 2.40. The number of nitrogens with one attached hydrogen (secondary N) is 2. The second-order valence-corrected chi connectivity index (χ2v) is 5.81. The Balaban J connectivity index is 1.87. The summed E-state index contributed by atoms with van der Waals surface area (Å²) in [5, 5.41) is 3.04. The van der Waals surface area contributed by atoms with E-state index in [1.807, 2.05) is 24.3 Å². The van der Waals surface area contributed by atoms with Crippen LogP contribution in [-0.2, 0) is 0 Å². The number of H-pyrrole nitrogens is 1. The summed E-state index contributed by atoms with van der Waals surface area (Å²) in [6.45, 7) is 4.25. The maximum atomic E-state index is 12.3. The number of rotatable bonds is 5. The third-order valence-electron chi connectivity index (χ3n) is 3.53. The van der Waals surface area contributed by atoms with Crippen LogP contribution in [0.1, 0.15) is 42.5 Å². The first-order chi connectivity index (χ1) is 10.6. The van der Waals surface area contributed by atoms with Gasteiger partial charge in [-0.05, 0) is 30.5 Å². The number of imidazole rings is 1. The van der Waals surface area contributed by atoms with E-state index in [2.05, 4.69) is 29.1 Å². The summed E-state index contributed by atoms with van der Waals surface area (Å²) < 4.78 is 4.97. The average molecular weight is 297 g/mol. The quantitative estimate of drug-likeness (QED) is 0.754. The number of aromatic nitrogens is 2. The highest BCUT2D eigenvalue weighted by Gasteiger charge is 2.20. The van der Waals surface area contributed by atoms with Gasteiger partial charge in [0.2, 0.25) is 0 Å². The molecule has 2 heterocycles. The Morgan fingerprint density at radius 3 is 2.82 bits per heavy atom. The number of para-hydroxylation sites is 2. The van der Waals surface area contributed by atoms with Crippen LogP contribution in [0.3, 0.4) is 0 Å². The fourth-order valence-electron chi connectivity index (χ4n) is 2.48. The SMILES string of the molecule is CC(C)C[C@@H](NC(=O)c1ccoc1)c1nc2ccccc2[nH]1. The first-order valence-corrected chi connectivity index (χ1v) is 7.41. The van der Waals surface area contributed by atoms with Crippen LogP contribution < -0.4 is 5.32 Å². The van der Waals surface area contributed by atoms with E-state index in [1.54, 1.807) is 6.07 Å². The summed E-state index contributed by atoms with van der Waals surface area (Å²) in [5.74, 6) is 1.06. The lowest BCUT2D eigenvalue weighted by Gasteiger charge is -2.18. The standard InChI is InChI=1S/C17H19N3O2/c1-11(2)9-15(20-17(21)12-7-8-22-10-12)16-18-13-5-3-4-6-14(13)19-16/h3-8,10-11,15H,9H2,1-2H3,(H,18,19)(H,20,21)/t15-/m1/s1. The highest BCUT2D eigenvalue weighted by molar-refractivity contribution is 5.94. The number of fused-ring (bicyclic) bond motifs is 1. The Morgan fingerprint density at radius 1 is 1.32 bits per heavy atom. The fourth-order valence-corrected chi connectivity index (χ4v) is 2.48. The Kier molecular flexibility index (Phi) is 3.96. The third-order valence-corrected chi connectivity index (χ3v) is 3.53.